The lowest BCUT2D eigenvalue weighted by Gasteiger charge is -2.32. The first-order chi connectivity index (χ1) is 16.9. The second-order valence-electron chi connectivity index (χ2n) is 8.10. The number of nitrogens with zero attached hydrogens (tertiary/aromatic N) is 4. The van der Waals surface area contributed by atoms with Gasteiger partial charge < -0.3 is 10.5 Å². The number of nitriles is 1. The molecule has 0 spiro atoms. The average molecular weight is 465 g/mol. The molecule has 1 aliphatic rings. The number of rotatable bonds is 5. The maximum absolute atomic E-state index is 14.0. The van der Waals surface area contributed by atoms with E-state index in [1.54, 1.807) is 41.0 Å². The van der Waals surface area contributed by atoms with E-state index in [0.717, 1.165) is 0 Å². The summed E-state index contributed by atoms with van der Waals surface area (Å²) in [5, 5.41) is 21.3. The molecule has 35 heavy (non-hydrogen) atoms. The molecule has 1 aliphatic heterocycles. The van der Waals surface area contributed by atoms with Crippen LogP contribution in [0.3, 0.4) is 0 Å². The van der Waals surface area contributed by atoms with Gasteiger partial charge in [-0.1, -0.05) is 24.3 Å². The van der Waals surface area contributed by atoms with E-state index in [0.29, 0.717) is 33.7 Å². The van der Waals surface area contributed by atoms with Crippen molar-refractivity contribution >= 4 is 28.3 Å². The molecule has 9 nitrogen and oxygen atoms in total. The second-order valence-corrected chi connectivity index (χ2v) is 8.10. The van der Waals surface area contributed by atoms with Crippen molar-refractivity contribution in [3.05, 3.63) is 105 Å². The van der Waals surface area contributed by atoms with Crippen LogP contribution < -0.4 is 10.5 Å². The standard InChI is InChI=1S/C26H19N5O4/c1-35-18-12-8-16(9-13-18)24(32)23-22(15-6-10-17(11-7-15)31(33)34)19(14-27)25(28)30-21-5-3-2-4-20(21)29-26(23)30/h2-13,22-23H,28H2,1H3/t22-,23+/m1/s1. The van der Waals surface area contributed by atoms with Gasteiger partial charge in [0.05, 0.1) is 40.6 Å². The molecule has 0 amide bonds. The van der Waals surface area contributed by atoms with E-state index in [9.17, 15) is 20.2 Å². The Bertz CT molecular complexity index is 1550. The fourth-order valence-electron chi connectivity index (χ4n) is 4.59. The third kappa shape index (κ3) is 3.48. The van der Waals surface area contributed by atoms with Crippen LogP contribution in [0.25, 0.3) is 16.9 Å². The molecule has 1 aromatic heterocycles. The number of nitro groups is 1. The molecule has 0 radical (unpaired) electrons. The highest BCUT2D eigenvalue weighted by Crippen LogP contribution is 2.46. The van der Waals surface area contributed by atoms with E-state index in [-0.39, 0.29) is 22.9 Å². The van der Waals surface area contributed by atoms with Crippen molar-refractivity contribution in [3.63, 3.8) is 0 Å². The number of ether oxygens (including phenoxy) is 1. The van der Waals surface area contributed by atoms with Crippen LogP contribution >= 0.6 is 0 Å². The Hall–Kier alpha value is -4.97. The number of allylic oxidation sites excluding steroid dienone is 1. The Labute approximate surface area is 199 Å². The zero-order valence-corrected chi connectivity index (χ0v) is 18.6. The monoisotopic (exact) mass is 465 g/mol. The third-order valence-electron chi connectivity index (χ3n) is 6.27. The lowest BCUT2D eigenvalue weighted by atomic mass is 9.75. The van der Waals surface area contributed by atoms with E-state index >= 15 is 0 Å². The summed E-state index contributed by atoms with van der Waals surface area (Å²) in [7, 11) is 1.54. The van der Waals surface area contributed by atoms with Gasteiger partial charge in [-0.25, -0.2) is 4.98 Å². The van der Waals surface area contributed by atoms with E-state index < -0.39 is 16.8 Å². The summed E-state index contributed by atoms with van der Waals surface area (Å²) in [6, 6.07) is 22.0. The average Bonchev–Trinajstić information content (AvgIpc) is 3.28. The molecular weight excluding hydrogens is 446 g/mol. The first-order valence-corrected chi connectivity index (χ1v) is 10.7. The van der Waals surface area contributed by atoms with Crippen molar-refractivity contribution < 1.29 is 14.5 Å². The Morgan fingerprint density at radius 1 is 1.11 bits per heavy atom. The van der Waals surface area contributed by atoms with Crippen molar-refractivity contribution in [3.8, 4) is 11.8 Å². The first-order valence-electron chi connectivity index (χ1n) is 10.7. The summed E-state index contributed by atoms with van der Waals surface area (Å²) in [6.45, 7) is 0. The molecular formula is C26H19N5O4. The van der Waals surface area contributed by atoms with Gasteiger partial charge in [0.15, 0.2) is 5.78 Å². The van der Waals surface area contributed by atoms with Gasteiger partial charge in [-0.2, -0.15) is 5.26 Å². The number of non-ortho nitro benzene ring substituents is 1. The Morgan fingerprint density at radius 2 is 1.80 bits per heavy atom. The van der Waals surface area contributed by atoms with Crippen molar-refractivity contribution in [1.82, 2.24) is 9.55 Å². The minimum Gasteiger partial charge on any atom is -0.497 e. The molecule has 0 fully saturated rings. The minimum atomic E-state index is -0.890. The van der Waals surface area contributed by atoms with Crippen LogP contribution in [-0.4, -0.2) is 27.4 Å². The number of hydrogen-bond acceptors (Lipinski definition) is 7. The Morgan fingerprint density at radius 3 is 2.43 bits per heavy atom. The van der Waals surface area contributed by atoms with Crippen LogP contribution in [0.4, 0.5) is 5.69 Å². The molecule has 2 atom stereocenters. The summed E-state index contributed by atoms with van der Waals surface area (Å²) >= 11 is 0. The highest BCUT2D eigenvalue weighted by molar-refractivity contribution is 6.03. The van der Waals surface area contributed by atoms with Crippen LogP contribution in [0, 0.1) is 21.4 Å². The summed E-state index contributed by atoms with van der Waals surface area (Å²) in [6.07, 6.45) is 0. The van der Waals surface area contributed by atoms with Crippen LogP contribution in [0.1, 0.15) is 33.6 Å². The topological polar surface area (TPSA) is 137 Å². The van der Waals surface area contributed by atoms with Crippen molar-refractivity contribution in [2.75, 3.05) is 7.11 Å². The normalized spacial score (nSPS) is 17.0. The number of aromatic nitrogens is 2. The number of Topliss-reactive ketones (excluding diaryl/α,β-unsaturated/α-hetero) is 1. The highest BCUT2D eigenvalue weighted by Gasteiger charge is 2.43. The van der Waals surface area contributed by atoms with Crippen LogP contribution in [0.15, 0.2) is 78.4 Å². The van der Waals surface area contributed by atoms with Crippen molar-refractivity contribution in [2.45, 2.75) is 11.8 Å². The maximum atomic E-state index is 14.0. The number of hydrogen-bond donors (Lipinski definition) is 1. The van der Waals surface area contributed by atoms with Gasteiger partial charge in [-0.3, -0.25) is 19.5 Å². The van der Waals surface area contributed by atoms with Gasteiger partial charge in [0.25, 0.3) is 5.69 Å². The number of ketones is 1. The number of nitrogens with two attached hydrogens (primary N) is 1. The molecule has 0 saturated heterocycles. The fourth-order valence-corrected chi connectivity index (χ4v) is 4.59. The number of fused-ring (bicyclic) bond motifs is 3. The van der Waals surface area contributed by atoms with E-state index in [2.05, 4.69) is 6.07 Å². The van der Waals surface area contributed by atoms with Gasteiger partial charge in [-0.05, 0) is 42.0 Å². The maximum Gasteiger partial charge on any atom is 0.269 e. The van der Waals surface area contributed by atoms with Crippen LogP contribution in [-0.2, 0) is 0 Å². The van der Waals surface area contributed by atoms with Gasteiger partial charge in [0, 0.05) is 23.6 Å². The molecule has 3 aromatic carbocycles. The largest absolute Gasteiger partial charge is 0.497 e. The molecule has 2 N–H and O–H groups in total. The molecule has 5 rings (SSSR count). The van der Waals surface area contributed by atoms with Crippen LogP contribution in [0.2, 0.25) is 0 Å². The predicted octanol–water partition coefficient (Wildman–Crippen LogP) is 4.37. The number of carbonyl (C=O) groups excluding carboxylic acids is 1. The molecule has 4 aromatic rings. The molecule has 172 valence electrons. The number of para-hydroxylation sites is 2. The van der Waals surface area contributed by atoms with Gasteiger partial charge in [0.2, 0.25) is 0 Å². The molecule has 0 saturated carbocycles. The number of methoxy groups -OCH3 is 1. The number of carbonyl (C=O) groups is 1. The smallest absolute Gasteiger partial charge is 0.269 e. The van der Waals surface area contributed by atoms with Gasteiger partial charge in [0.1, 0.15) is 17.4 Å². The van der Waals surface area contributed by atoms with Crippen molar-refractivity contribution in [1.29, 1.82) is 5.26 Å². The fraction of sp³-hybridized carbons (Fsp3) is 0.115. The SMILES string of the molecule is COc1ccc(C(=O)[C@H]2c3nc4ccccc4n3C(N)=C(C#N)[C@H]2c2ccc([N+](=O)[O-])cc2)cc1. The molecule has 0 unspecified atom stereocenters. The summed E-state index contributed by atoms with van der Waals surface area (Å²) in [5.74, 6) is -0.733. The summed E-state index contributed by atoms with van der Waals surface area (Å²) in [5.41, 5.74) is 8.90. The molecule has 9 heteroatoms. The lowest BCUT2D eigenvalue weighted by molar-refractivity contribution is -0.384. The predicted molar refractivity (Wildman–Crippen MR) is 129 cm³/mol. The van der Waals surface area contributed by atoms with E-state index in [4.69, 9.17) is 15.5 Å². The number of imidazole rings is 1. The molecule has 0 bridgehead atoms. The second kappa shape index (κ2) is 8.43. The quantitative estimate of drug-likeness (QED) is 0.262. The van der Waals surface area contributed by atoms with E-state index in [1.165, 1.54) is 19.2 Å². The summed E-state index contributed by atoms with van der Waals surface area (Å²) < 4.78 is 6.86. The number of nitro benzene ring substituents is 1. The van der Waals surface area contributed by atoms with E-state index in [1.807, 2.05) is 24.3 Å². The first kappa shape index (κ1) is 21.9. The lowest BCUT2D eigenvalue weighted by Crippen LogP contribution is -2.32. The zero-order valence-electron chi connectivity index (χ0n) is 18.6. The number of benzene rings is 3. The van der Waals surface area contributed by atoms with Crippen molar-refractivity contribution in [2.24, 2.45) is 5.73 Å². The minimum absolute atomic E-state index is 0.0923. The van der Waals surface area contributed by atoms with Gasteiger partial charge >= 0.3 is 0 Å². The molecule has 0 aliphatic carbocycles. The summed E-state index contributed by atoms with van der Waals surface area (Å²) in [4.78, 5) is 29.4. The highest BCUT2D eigenvalue weighted by atomic mass is 16.6. The Kier molecular flexibility index (Phi) is 5.26. The Balaban J connectivity index is 1.76. The van der Waals surface area contributed by atoms with Crippen LogP contribution in [0.5, 0.6) is 5.75 Å². The zero-order chi connectivity index (χ0) is 24.7. The van der Waals surface area contributed by atoms with Gasteiger partial charge in [-0.15, -0.1) is 0 Å². The molecule has 2 heterocycles. The third-order valence-corrected chi connectivity index (χ3v) is 6.27.